The zero-order valence-corrected chi connectivity index (χ0v) is 11.4. The third-order valence-corrected chi connectivity index (χ3v) is 2.86. The van der Waals surface area contributed by atoms with Crippen molar-refractivity contribution in [3.8, 4) is 17.2 Å². The van der Waals surface area contributed by atoms with E-state index in [9.17, 15) is 4.39 Å². The van der Waals surface area contributed by atoms with Gasteiger partial charge < -0.3 is 19.9 Å². The first kappa shape index (κ1) is 14.0. The molecule has 0 aromatic heterocycles. The molecule has 0 aliphatic carbocycles. The molecule has 4 nitrogen and oxygen atoms in total. The molecule has 0 aliphatic heterocycles. The van der Waals surface area contributed by atoms with Crippen molar-refractivity contribution >= 4 is 5.69 Å². The van der Waals surface area contributed by atoms with Crippen LogP contribution in [0.25, 0.3) is 0 Å². The maximum atomic E-state index is 13.7. The number of nitrogen functional groups attached to an aromatic ring is 1. The average molecular weight is 277 g/mol. The van der Waals surface area contributed by atoms with Gasteiger partial charge in [0.05, 0.1) is 19.9 Å². The number of hydrogen-bond donors (Lipinski definition) is 1. The molecule has 0 atom stereocenters. The highest BCUT2D eigenvalue weighted by atomic mass is 19.1. The molecule has 0 spiro atoms. The van der Waals surface area contributed by atoms with E-state index < -0.39 is 0 Å². The lowest BCUT2D eigenvalue weighted by Gasteiger charge is -2.11. The van der Waals surface area contributed by atoms with Gasteiger partial charge in [-0.1, -0.05) is 0 Å². The molecule has 2 rings (SSSR count). The van der Waals surface area contributed by atoms with E-state index in [1.165, 1.54) is 13.2 Å². The molecule has 0 saturated carbocycles. The zero-order chi connectivity index (χ0) is 14.5. The summed E-state index contributed by atoms with van der Waals surface area (Å²) in [5.41, 5.74) is 6.70. The van der Waals surface area contributed by atoms with E-state index >= 15 is 0 Å². The summed E-state index contributed by atoms with van der Waals surface area (Å²) in [7, 11) is 3.05. The van der Waals surface area contributed by atoms with Crippen molar-refractivity contribution in [3.05, 3.63) is 47.8 Å². The number of halogens is 1. The maximum absolute atomic E-state index is 13.7. The summed E-state index contributed by atoms with van der Waals surface area (Å²) in [6, 6.07) is 9.69. The molecule has 0 amide bonds. The van der Waals surface area contributed by atoms with Crippen molar-refractivity contribution < 1.29 is 18.6 Å². The van der Waals surface area contributed by atoms with Crippen LogP contribution in [0.4, 0.5) is 10.1 Å². The van der Waals surface area contributed by atoms with Crippen molar-refractivity contribution in [1.29, 1.82) is 0 Å². The van der Waals surface area contributed by atoms with E-state index in [1.54, 1.807) is 37.4 Å². The third-order valence-electron chi connectivity index (χ3n) is 2.86. The smallest absolute Gasteiger partial charge is 0.142 e. The predicted octanol–water partition coefficient (Wildman–Crippen LogP) is 3.00. The van der Waals surface area contributed by atoms with Gasteiger partial charge in [-0.2, -0.15) is 0 Å². The molecule has 0 fully saturated rings. The largest absolute Gasteiger partial charge is 0.497 e. The molecule has 0 aliphatic rings. The van der Waals surface area contributed by atoms with Crippen LogP contribution in [0.15, 0.2) is 36.4 Å². The summed E-state index contributed by atoms with van der Waals surface area (Å²) in [4.78, 5) is 0. The van der Waals surface area contributed by atoms with Gasteiger partial charge in [-0.25, -0.2) is 4.39 Å². The van der Waals surface area contributed by atoms with Crippen LogP contribution < -0.4 is 19.9 Å². The molecule has 0 bridgehead atoms. The van der Waals surface area contributed by atoms with Gasteiger partial charge in [0, 0.05) is 17.7 Å². The van der Waals surface area contributed by atoms with Crippen LogP contribution >= 0.6 is 0 Å². The van der Waals surface area contributed by atoms with Gasteiger partial charge in [0.15, 0.2) is 0 Å². The molecular formula is C15H16FNO3. The highest BCUT2D eigenvalue weighted by Gasteiger charge is 2.07. The molecule has 0 unspecified atom stereocenters. The van der Waals surface area contributed by atoms with Crippen LogP contribution in [0.2, 0.25) is 0 Å². The lowest BCUT2D eigenvalue weighted by Crippen LogP contribution is -2.01. The van der Waals surface area contributed by atoms with Crippen molar-refractivity contribution in [1.82, 2.24) is 0 Å². The number of rotatable bonds is 5. The Kier molecular flexibility index (Phi) is 4.30. The molecule has 20 heavy (non-hydrogen) atoms. The lowest BCUT2D eigenvalue weighted by molar-refractivity contribution is 0.300. The minimum Gasteiger partial charge on any atom is -0.497 e. The highest BCUT2D eigenvalue weighted by molar-refractivity contribution is 5.56. The zero-order valence-electron chi connectivity index (χ0n) is 11.4. The van der Waals surface area contributed by atoms with Crippen LogP contribution in [0.3, 0.4) is 0 Å². The fourth-order valence-electron chi connectivity index (χ4n) is 1.71. The second kappa shape index (κ2) is 6.14. The fraction of sp³-hybridized carbons (Fsp3) is 0.200. The summed E-state index contributed by atoms with van der Waals surface area (Å²) < 4.78 is 29.3. The number of methoxy groups -OCH3 is 2. The highest BCUT2D eigenvalue weighted by Crippen LogP contribution is 2.27. The van der Waals surface area contributed by atoms with Gasteiger partial charge in [-0.3, -0.25) is 0 Å². The molecule has 5 heteroatoms. The van der Waals surface area contributed by atoms with Gasteiger partial charge >= 0.3 is 0 Å². The summed E-state index contributed by atoms with van der Waals surface area (Å²) in [6.45, 7) is 0.0896. The fourth-order valence-corrected chi connectivity index (χ4v) is 1.71. The molecule has 2 aromatic rings. The van der Waals surface area contributed by atoms with Gasteiger partial charge in [0.2, 0.25) is 0 Å². The van der Waals surface area contributed by atoms with E-state index in [0.29, 0.717) is 28.5 Å². The maximum Gasteiger partial charge on any atom is 0.142 e. The van der Waals surface area contributed by atoms with E-state index in [0.717, 1.165) is 0 Å². The van der Waals surface area contributed by atoms with Crippen LogP contribution in [0.5, 0.6) is 17.2 Å². The molecule has 0 heterocycles. The Bertz CT molecular complexity index is 548. The first-order chi connectivity index (χ1) is 9.63. The second-order valence-corrected chi connectivity index (χ2v) is 4.15. The predicted molar refractivity (Wildman–Crippen MR) is 74.7 cm³/mol. The van der Waals surface area contributed by atoms with Crippen LogP contribution in [-0.4, -0.2) is 14.2 Å². The van der Waals surface area contributed by atoms with Crippen molar-refractivity contribution in [2.24, 2.45) is 0 Å². The number of anilines is 1. The van der Waals surface area contributed by atoms with Crippen molar-refractivity contribution in [2.75, 3.05) is 20.0 Å². The van der Waals surface area contributed by atoms with E-state index in [2.05, 4.69) is 0 Å². The van der Waals surface area contributed by atoms with Crippen molar-refractivity contribution in [3.63, 3.8) is 0 Å². The number of ether oxygens (including phenoxy) is 3. The standard InChI is InChI=1S/C15H16FNO3/c1-18-11-4-3-10(13(16)7-11)9-20-15-6-5-12(19-2)8-14(15)17/h3-8H,9,17H2,1-2H3. The molecule has 106 valence electrons. The van der Waals surface area contributed by atoms with Crippen LogP contribution in [0, 0.1) is 5.82 Å². The molecule has 0 radical (unpaired) electrons. The SMILES string of the molecule is COc1ccc(OCc2ccc(OC)cc2F)c(N)c1. The average Bonchev–Trinajstić information content (AvgIpc) is 2.46. The number of hydrogen-bond acceptors (Lipinski definition) is 4. The Hall–Kier alpha value is -2.43. The minimum atomic E-state index is -0.378. The van der Waals surface area contributed by atoms with Gasteiger partial charge in [0.25, 0.3) is 0 Å². The summed E-state index contributed by atoms with van der Waals surface area (Å²) in [5, 5.41) is 0. The van der Waals surface area contributed by atoms with E-state index in [-0.39, 0.29) is 12.4 Å². The Morgan fingerprint density at radius 3 is 2.25 bits per heavy atom. The van der Waals surface area contributed by atoms with E-state index in [1.807, 2.05) is 0 Å². The van der Waals surface area contributed by atoms with E-state index in [4.69, 9.17) is 19.9 Å². The monoisotopic (exact) mass is 277 g/mol. The van der Waals surface area contributed by atoms with Crippen LogP contribution in [0.1, 0.15) is 5.56 Å². The van der Waals surface area contributed by atoms with Crippen LogP contribution in [-0.2, 0) is 6.61 Å². The summed E-state index contributed by atoms with van der Waals surface area (Å²) >= 11 is 0. The quantitative estimate of drug-likeness (QED) is 0.854. The third kappa shape index (κ3) is 3.12. The number of nitrogens with two attached hydrogens (primary N) is 1. The van der Waals surface area contributed by atoms with Gasteiger partial charge in [0.1, 0.15) is 29.7 Å². The Balaban J connectivity index is 2.09. The summed E-state index contributed by atoms with van der Waals surface area (Å²) in [6.07, 6.45) is 0. The molecular weight excluding hydrogens is 261 g/mol. The topological polar surface area (TPSA) is 53.7 Å². The second-order valence-electron chi connectivity index (χ2n) is 4.15. The first-order valence-corrected chi connectivity index (χ1v) is 6.02. The lowest BCUT2D eigenvalue weighted by atomic mass is 10.2. The minimum absolute atomic E-state index is 0.0896. The van der Waals surface area contributed by atoms with Gasteiger partial charge in [-0.15, -0.1) is 0 Å². The Morgan fingerprint density at radius 2 is 1.65 bits per heavy atom. The van der Waals surface area contributed by atoms with Gasteiger partial charge in [-0.05, 0) is 24.3 Å². The molecule has 0 saturated heterocycles. The Labute approximate surface area is 116 Å². The number of benzene rings is 2. The Morgan fingerprint density at radius 1 is 1.00 bits per heavy atom. The molecule has 2 N–H and O–H groups in total. The normalized spacial score (nSPS) is 10.2. The summed E-state index contributed by atoms with van der Waals surface area (Å²) in [5.74, 6) is 1.22. The first-order valence-electron chi connectivity index (χ1n) is 6.02. The molecule has 2 aromatic carbocycles. The van der Waals surface area contributed by atoms with Crippen molar-refractivity contribution in [2.45, 2.75) is 6.61 Å².